The second-order valence-corrected chi connectivity index (χ2v) is 3.90. The molecular formula is C12H15N3O2. The molecule has 0 spiro atoms. The zero-order valence-electron chi connectivity index (χ0n) is 9.63. The van der Waals surface area contributed by atoms with Gasteiger partial charge in [-0.25, -0.2) is 0 Å². The molecule has 0 bridgehead atoms. The zero-order chi connectivity index (χ0) is 12.3. The van der Waals surface area contributed by atoms with Crippen LogP contribution in [0.2, 0.25) is 0 Å². The fourth-order valence-corrected chi connectivity index (χ4v) is 1.58. The largest absolute Gasteiger partial charge is 0.508 e. The standard InChI is InChI=1S/C12H15N3O2/c1-2-4-10(13)12-14-11(15-17-12)8-5-3-6-9(16)7-8/h3,5-7,10,16H,2,4,13H2,1H3/t10-/m0/s1. The van der Waals surface area contributed by atoms with Gasteiger partial charge in [-0.05, 0) is 18.6 Å². The zero-order valence-corrected chi connectivity index (χ0v) is 9.63. The second kappa shape index (κ2) is 4.97. The highest BCUT2D eigenvalue weighted by Gasteiger charge is 2.14. The third-order valence-electron chi connectivity index (χ3n) is 2.46. The normalized spacial score (nSPS) is 12.6. The third kappa shape index (κ3) is 2.62. The van der Waals surface area contributed by atoms with Gasteiger partial charge in [0.2, 0.25) is 11.7 Å². The van der Waals surface area contributed by atoms with E-state index >= 15 is 0 Å². The average Bonchev–Trinajstić information content (AvgIpc) is 2.78. The Morgan fingerprint density at radius 3 is 3.00 bits per heavy atom. The van der Waals surface area contributed by atoms with E-state index in [0.717, 1.165) is 12.8 Å². The van der Waals surface area contributed by atoms with Crippen LogP contribution in [0, 0.1) is 0 Å². The average molecular weight is 233 g/mol. The number of benzene rings is 1. The lowest BCUT2D eigenvalue weighted by Gasteiger charge is -2.02. The third-order valence-corrected chi connectivity index (χ3v) is 2.46. The summed E-state index contributed by atoms with van der Waals surface area (Å²) in [7, 11) is 0. The van der Waals surface area contributed by atoms with Gasteiger partial charge in [-0.3, -0.25) is 0 Å². The molecule has 90 valence electrons. The summed E-state index contributed by atoms with van der Waals surface area (Å²) in [4.78, 5) is 4.23. The van der Waals surface area contributed by atoms with Crippen LogP contribution in [-0.2, 0) is 0 Å². The van der Waals surface area contributed by atoms with Gasteiger partial charge in [-0.1, -0.05) is 30.6 Å². The fraction of sp³-hybridized carbons (Fsp3) is 0.333. The monoisotopic (exact) mass is 233 g/mol. The van der Waals surface area contributed by atoms with E-state index in [1.54, 1.807) is 24.3 Å². The lowest BCUT2D eigenvalue weighted by atomic mass is 10.2. The lowest BCUT2D eigenvalue weighted by Crippen LogP contribution is -2.09. The van der Waals surface area contributed by atoms with Crippen LogP contribution in [0.4, 0.5) is 0 Å². The molecule has 1 aromatic heterocycles. The van der Waals surface area contributed by atoms with Gasteiger partial charge in [-0.2, -0.15) is 4.98 Å². The van der Waals surface area contributed by atoms with Crippen LogP contribution in [0.1, 0.15) is 31.7 Å². The van der Waals surface area contributed by atoms with Crippen LogP contribution < -0.4 is 5.73 Å². The van der Waals surface area contributed by atoms with E-state index in [4.69, 9.17) is 10.3 Å². The van der Waals surface area contributed by atoms with Crippen molar-refractivity contribution in [1.29, 1.82) is 0 Å². The van der Waals surface area contributed by atoms with Gasteiger partial charge in [0.15, 0.2) is 0 Å². The minimum atomic E-state index is -0.224. The van der Waals surface area contributed by atoms with E-state index in [-0.39, 0.29) is 11.8 Å². The van der Waals surface area contributed by atoms with Gasteiger partial charge in [0, 0.05) is 5.56 Å². The molecule has 0 fully saturated rings. The number of rotatable bonds is 4. The predicted octanol–water partition coefficient (Wildman–Crippen LogP) is 2.24. The summed E-state index contributed by atoms with van der Waals surface area (Å²) in [5.74, 6) is 1.05. The van der Waals surface area contributed by atoms with E-state index in [0.29, 0.717) is 17.3 Å². The van der Waals surface area contributed by atoms with Crippen molar-refractivity contribution in [2.45, 2.75) is 25.8 Å². The molecule has 0 aliphatic carbocycles. The van der Waals surface area contributed by atoms with Gasteiger partial charge in [-0.15, -0.1) is 0 Å². The van der Waals surface area contributed by atoms with Crippen LogP contribution in [0.3, 0.4) is 0 Å². The predicted molar refractivity (Wildman–Crippen MR) is 63.2 cm³/mol. The van der Waals surface area contributed by atoms with Crippen molar-refractivity contribution in [3.63, 3.8) is 0 Å². The Balaban J connectivity index is 2.23. The molecule has 5 heteroatoms. The van der Waals surface area contributed by atoms with Crippen LogP contribution in [0.25, 0.3) is 11.4 Å². The van der Waals surface area contributed by atoms with Gasteiger partial charge < -0.3 is 15.4 Å². The Labute approximate surface area is 99.3 Å². The molecule has 0 saturated heterocycles. The van der Waals surface area contributed by atoms with Crippen LogP contribution >= 0.6 is 0 Å². The summed E-state index contributed by atoms with van der Waals surface area (Å²) < 4.78 is 5.11. The van der Waals surface area contributed by atoms with Crippen molar-refractivity contribution in [3.05, 3.63) is 30.2 Å². The smallest absolute Gasteiger partial charge is 0.243 e. The second-order valence-electron chi connectivity index (χ2n) is 3.90. The fourth-order valence-electron chi connectivity index (χ4n) is 1.58. The Bertz CT molecular complexity index is 496. The minimum absolute atomic E-state index is 0.173. The van der Waals surface area contributed by atoms with Gasteiger partial charge in [0.25, 0.3) is 0 Å². The van der Waals surface area contributed by atoms with Crippen molar-refractivity contribution >= 4 is 0 Å². The number of phenols is 1. The summed E-state index contributed by atoms with van der Waals surface area (Å²) in [5, 5.41) is 13.2. The van der Waals surface area contributed by atoms with E-state index in [1.807, 2.05) is 6.92 Å². The topological polar surface area (TPSA) is 85.2 Å². The van der Waals surface area contributed by atoms with Gasteiger partial charge in [0.1, 0.15) is 5.75 Å². The van der Waals surface area contributed by atoms with Crippen molar-refractivity contribution in [2.75, 3.05) is 0 Å². The number of hydrogen-bond acceptors (Lipinski definition) is 5. The number of aromatic hydroxyl groups is 1. The molecule has 1 heterocycles. The molecule has 1 aromatic carbocycles. The highest BCUT2D eigenvalue weighted by atomic mass is 16.5. The molecule has 0 aliphatic heterocycles. The molecule has 17 heavy (non-hydrogen) atoms. The molecule has 0 radical (unpaired) electrons. The van der Waals surface area contributed by atoms with E-state index < -0.39 is 0 Å². The Kier molecular flexibility index (Phi) is 3.39. The Morgan fingerprint density at radius 1 is 1.47 bits per heavy atom. The molecule has 5 nitrogen and oxygen atoms in total. The first kappa shape index (κ1) is 11.6. The summed E-state index contributed by atoms with van der Waals surface area (Å²) in [5.41, 5.74) is 6.59. The van der Waals surface area contributed by atoms with Crippen LogP contribution in [0.5, 0.6) is 5.75 Å². The van der Waals surface area contributed by atoms with E-state index in [1.165, 1.54) is 0 Å². The SMILES string of the molecule is CCC[C@H](N)c1nc(-c2cccc(O)c2)no1. The number of nitrogens with two attached hydrogens (primary N) is 1. The molecule has 0 amide bonds. The molecule has 2 aromatic rings. The van der Waals surface area contributed by atoms with Gasteiger partial charge >= 0.3 is 0 Å². The molecule has 0 aliphatic rings. The summed E-state index contributed by atoms with van der Waals surface area (Å²) in [6, 6.07) is 6.48. The van der Waals surface area contributed by atoms with Crippen molar-refractivity contribution < 1.29 is 9.63 Å². The van der Waals surface area contributed by atoms with Crippen molar-refractivity contribution in [2.24, 2.45) is 5.73 Å². The first-order valence-electron chi connectivity index (χ1n) is 5.59. The number of aromatic nitrogens is 2. The maximum atomic E-state index is 9.36. The summed E-state index contributed by atoms with van der Waals surface area (Å²) in [6.45, 7) is 2.05. The quantitative estimate of drug-likeness (QED) is 0.845. The van der Waals surface area contributed by atoms with E-state index in [9.17, 15) is 5.11 Å². The van der Waals surface area contributed by atoms with Crippen LogP contribution in [-0.4, -0.2) is 15.2 Å². The lowest BCUT2D eigenvalue weighted by molar-refractivity contribution is 0.348. The highest BCUT2D eigenvalue weighted by molar-refractivity contribution is 5.56. The number of hydrogen-bond donors (Lipinski definition) is 2. The summed E-state index contributed by atoms with van der Waals surface area (Å²) in [6.07, 6.45) is 1.77. The molecule has 0 saturated carbocycles. The minimum Gasteiger partial charge on any atom is -0.508 e. The van der Waals surface area contributed by atoms with E-state index in [2.05, 4.69) is 10.1 Å². The number of nitrogens with zero attached hydrogens (tertiary/aromatic N) is 2. The maximum Gasteiger partial charge on any atom is 0.243 e. The molecule has 1 atom stereocenters. The van der Waals surface area contributed by atoms with Crippen molar-refractivity contribution in [1.82, 2.24) is 10.1 Å². The Morgan fingerprint density at radius 2 is 2.29 bits per heavy atom. The first-order chi connectivity index (χ1) is 8.20. The first-order valence-corrected chi connectivity index (χ1v) is 5.59. The van der Waals surface area contributed by atoms with Crippen molar-refractivity contribution in [3.8, 4) is 17.1 Å². The molecular weight excluding hydrogens is 218 g/mol. The Hall–Kier alpha value is -1.88. The summed E-state index contributed by atoms with van der Waals surface area (Å²) >= 11 is 0. The molecule has 0 unspecified atom stereocenters. The van der Waals surface area contributed by atoms with Gasteiger partial charge in [0.05, 0.1) is 6.04 Å². The number of phenolic OH excluding ortho intramolecular Hbond substituents is 1. The highest BCUT2D eigenvalue weighted by Crippen LogP contribution is 2.22. The molecule has 2 rings (SSSR count). The molecule has 3 N–H and O–H groups in total. The van der Waals surface area contributed by atoms with Crippen LogP contribution in [0.15, 0.2) is 28.8 Å². The maximum absolute atomic E-state index is 9.36.